The first kappa shape index (κ1) is 11.3. The number of rotatable bonds is 7. The van der Waals surface area contributed by atoms with Gasteiger partial charge in [-0.1, -0.05) is 39.0 Å². The van der Waals surface area contributed by atoms with Crippen LogP contribution in [0, 0.1) is 6.92 Å². The Labute approximate surface area is 87.1 Å². The van der Waals surface area contributed by atoms with Crippen molar-refractivity contribution in [2.75, 3.05) is 0 Å². The summed E-state index contributed by atoms with van der Waals surface area (Å²) in [5.74, 6) is 0. The molecule has 1 aromatic heterocycles. The fourth-order valence-corrected chi connectivity index (χ4v) is 1.71. The third kappa shape index (κ3) is 3.95. The van der Waals surface area contributed by atoms with Gasteiger partial charge in [0.2, 0.25) is 0 Å². The largest absolute Gasteiger partial charge is 0.282 e. The molecule has 14 heavy (non-hydrogen) atoms. The van der Waals surface area contributed by atoms with Crippen LogP contribution < -0.4 is 0 Å². The van der Waals surface area contributed by atoms with Crippen LogP contribution in [0.15, 0.2) is 6.20 Å². The highest BCUT2D eigenvalue weighted by atomic mass is 15.1. The normalized spacial score (nSPS) is 10.7. The lowest BCUT2D eigenvalue weighted by molar-refractivity contribution is 0.604. The van der Waals surface area contributed by atoms with Crippen molar-refractivity contribution < 1.29 is 0 Å². The summed E-state index contributed by atoms with van der Waals surface area (Å²) in [6.45, 7) is 4.38. The fraction of sp³-hybridized carbons (Fsp3) is 0.750. The summed E-state index contributed by atoms with van der Waals surface area (Å²) in [7, 11) is 0. The van der Waals surface area contributed by atoms with Crippen LogP contribution >= 0.6 is 0 Å². The Bertz CT molecular complexity index is 240. The molecule has 0 aliphatic carbocycles. The van der Waals surface area contributed by atoms with Crippen molar-refractivity contribution in [1.29, 1.82) is 0 Å². The summed E-state index contributed by atoms with van der Waals surface area (Å²) in [4.78, 5) is 0. The molecule has 0 spiro atoms. The number of unbranched alkanes of at least 4 members (excludes halogenated alkanes) is 5. The zero-order chi connectivity index (χ0) is 10.2. The van der Waals surface area contributed by atoms with Gasteiger partial charge in [-0.05, 0) is 25.3 Å². The molecule has 0 radical (unpaired) electrons. The molecule has 1 N–H and O–H groups in total. The monoisotopic (exact) mass is 194 g/mol. The van der Waals surface area contributed by atoms with E-state index >= 15 is 0 Å². The summed E-state index contributed by atoms with van der Waals surface area (Å²) in [5, 5.41) is 7.08. The SMILES string of the molecule is CCCCCCCCc1[nH]ncc1C. The van der Waals surface area contributed by atoms with Gasteiger partial charge in [0.15, 0.2) is 0 Å². The van der Waals surface area contributed by atoms with Crippen molar-refractivity contribution in [3.8, 4) is 0 Å². The zero-order valence-electron chi connectivity index (χ0n) is 9.47. The topological polar surface area (TPSA) is 28.7 Å². The average Bonchev–Trinajstić information content (AvgIpc) is 2.58. The number of nitrogens with zero attached hydrogens (tertiary/aromatic N) is 1. The van der Waals surface area contributed by atoms with Crippen LogP contribution in [0.4, 0.5) is 0 Å². The molecular weight excluding hydrogens is 172 g/mol. The minimum atomic E-state index is 1.16. The van der Waals surface area contributed by atoms with Gasteiger partial charge in [0.25, 0.3) is 0 Å². The van der Waals surface area contributed by atoms with Gasteiger partial charge in [0.1, 0.15) is 0 Å². The first-order valence-corrected chi connectivity index (χ1v) is 5.83. The number of hydrogen-bond acceptors (Lipinski definition) is 1. The smallest absolute Gasteiger partial charge is 0.0519 e. The van der Waals surface area contributed by atoms with E-state index in [-0.39, 0.29) is 0 Å². The van der Waals surface area contributed by atoms with Crippen molar-refractivity contribution in [2.45, 2.75) is 58.8 Å². The first-order valence-electron chi connectivity index (χ1n) is 5.83. The minimum absolute atomic E-state index is 1.16. The lowest BCUT2D eigenvalue weighted by atomic mass is 10.1. The fourth-order valence-electron chi connectivity index (χ4n) is 1.71. The lowest BCUT2D eigenvalue weighted by Gasteiger charge is -2.00. The molecule has 0 bridgehead atoms. The molecule has 1 heterocycles. The van der Waals surface area contributed by atoms with Crippen molar-refractivity contribution in [3.05, 3.63) is 17.5 Å². The van der Waals surface area contributed by atoms with Crippen LogP contribution in [0.2, 0.25) is 0 Å². The van der Waals surface area contributed by atoms with Crippen LogP contribution in [-0.4, -0.2) is 10.2 Å². The number of aromatic amines is 1. The van der Waals surface area contributed by atoms with E-state index in [4.69, 9.17) is 0 Å². The standard InChI is InChI=1S/C12H22N2/c1-3-4-5-6-7-8-9-12-11(2)10-13-14-12/h10H,3-9H2,1-2H3,(H,13,14). The quantitative estimate of drug-likeness (QED) is 0.660. The van der Waals surface area contributed by atoms with E-state index in [0.717, 1.165) is 6.42 Å². The third-order valence-electron chi connectivity index (χ3n) is 2.71. The van der Waals surface area contributed by atoms with Crippen LogP contribution in [0.25, 0.3) is 0 Å². The van der Waals surface area contributed by atoms with E-state index in [1.54, 1.807) is 0 Å². The molecule has 1 rings (SSSR count). The Kier molecular flexibility index (Phi) is 5.35. The third-order valence-corrected chi connectivity index (χ3v) is 2.71. The summed E-state index contributed by atoms with van der Waals surface area (Å²) in [6, 6.07) is 0. The van der Waals surface area contributed by atoms with Gasteiger partial charge in [-0.2, -0.15) is 5.10 Å². The molecule has 80 valence electrons. The van der Waals surface area contributed by atoms with Gasteiger partial charge in [-0.3, -0.25) is 5.10 Å². The Balaban J connectivity index is 2.02. The van der Waals surface area contributed by atoms with Crippen LogP contribution in [0.1, 0.15) is 56.7 Å². The maximum Gasteiger partial charge on any atom is 0.0519 e. The molecule has 0 atom stereocenters. The minimum Gasteiger partial charge on any atom is -0.282 e. The molecular formula is C12H22N2. The van der Waals surface area contributed by atoms with E-state index in [0.29, 0.717) is 0 Å². The highest BCUT2D eigenvalue weighted by Crippen LogP contribution is 2.10. The van der Waals surface area contributed by atoms with Gasteiger partial charge >= 0.3 is 0 Å². The van der Waals surface area contributed by atoms with Crippen LogP contribution in [-0.2, 0) is 6.42 Å². The molecule has 2 heteroatoms. The van der Waals surface area contributed by atoms with Gasteiger partial charge in [-0.15, -0.1) is 0 Å². The van der Waals surface area contributed by atoms with Gasteiger partial charge in [0, 0.05) is 5.69 Å². The van der Waals surface area contributed by atoms with Crippen LogP contribution in [0.5, 0.6) is 0 Å². The second-order valence-electron chi connectivity index (χ2n) is 4.05. The van der Waals surface area contributed by atoms with E-state index in [1.165, 1.54) is 49.8 Å². The van der Waals surface area contributed by atoms with E-state index < -0.39 is 0 Å². The van der Waals surface area contributed by atoms with E-state index in [9.17, 15) is 0 Å². The summed E-state index contributed by atoms with van der Waals surface area (Å²) in [6.07, 6.45) is 11.2. The predicted molar refractivity (Wildman–Crippen MR) is 60.4 cm³/mol. The van der Waals surface area contributed by atoms with Gasteiger partial charge in [0.05, 0.1) is 6.20 Å². The average molecular weight is 194 g/mol. The molecule has 0 aliphatic heterocycles. The molecule has 0 aliphatic rings. The predicted octanol–water partition coefficient (Wildman–Crippen LogP) is 3.62. The molecule has 0 aromatic carbocycles. The maximum absolute atomic E-state index is 4.03. The van der Waals surface area contributed by atoms with Crippen molar-refractivity contribution in [1.82, 2.24) is 10.2 Å². The maximum atomic E-state index is 4.03. The summed E-state index contributed by atoms with van der Waals surface area (Å²) < 4.78 is 0. The van der Waals surface area contributed by atoms with Gasteiger partial charge < -0.3 is 0 Å². The van der Waals surface area contributed by atoms with Crippen molar-refractivity contribution >= 4 is 0 Å². The molecule has 0 saturated carbocycles. The Morgan fingerprint density at radius 1 is 1.14 bits per heavy atom. The van der Waals surface area contributed by atoms with E-state index in [2.05, 4.69) is 24.0 Å². The molecule has 0 saturated heterocycles. The highest BCUT2D eigenvalue weighted by Gasteiger charge is 1.99. The number of H-pyrrole nitrogens is 1. The molecule has 0 amide bonds. The number of hydrogen-bond donors (Lipinski definition) is 1. The molecule has 0 fully saturated rings. The Morgan fingerprint density at radius 3 is 2.50 bits per heavy atom. The summed E-state index contributed by atoms with van der Waals surface area (Å²) in [5.41, 5.74) is 2.62. The number of aromatic nitrogens is 2. The highest BCUT2D eigenvalue weighted by molar-refractivity contribution is 5.13. The lowest BCUT2D eigenvalue weighted by Crippen LogP contribution is -1.89. The second kappa shape index (κ2) is 6.63. The second-order valence-corrected chi connectivity index (χ2v) is 4.05. The van der Waals surface area contributed by atoms with Crippen molar-refractivity contribution in [3.63, 3.8) is 0 Å². The van der Waals surface area contributed by atoms with Crippen LogP contribution in [0.3, 0.4) is 0 Å². The number of aryl methyl sites for hydroxylation is 2. The van der Waals surface area contributed by atoms with Crippen molar-refractivity contribution in [2.24, 2.45) is 0 Å². The van der Waals surface area contributed by atoms with Gasteiger partial charge in [-0.25, -0.2) is 0 Å². The Morgan fingerprint density at radius 2 is 1.86 bits per heavy atom. The first-order chi connectivity index (χ1) is 6.84. The zero-order valence-corrected chi connectivity index (χ0v) is 9.47. The summed E-state index contributed by atoms with van der Waals surface area (Å²) >= 11 is 0. The molecule has 2 nitrogen and oxygen atoms in total. The molecule has 1 aromatic rings. The Hall–Kier alpha value is -0.790. The van der Waals surface area contributed by atoms with E-state index in [1.807, 2.05) is 6.20 Å². The number of nitrogens with one attached hydrogen (secondary N) is 1. The molecule has 0 unspecified atom stereocenters.